The lowest BCUT2D eigenvalue weighted by molar-refractivity contribution is -0.141. The molecule has 0 aliphatic rings. The molecule has 0 N–H and O–H groups in total. The number of alkyl halides is 3. The van der Waals surface area contributed by atoms with Gasteiger partial charge in [0.1, 0.15) is 0 Å². The molecule has 0 unspecified atom stereocenters. The standard InChI is InChI=1S/C16H12F3N3O/c1-10(11-5-7-20-8-6-11)12-3-4-15(23-2)22-13(12)9-14(21-22)16(17,18)19/h3-9H,1H2,2H3. The van der Waals surface area contributed by atoms with E-state index in [-0.39, 0.29) is 11.4 Å². The highest BCUT2D eigenvalue weighted by molar-refractivity contribution is 5.86. The van der Waals surface area contributed by atoms with E-state index in [0.717, 1.165) is 16.1 Å². The number of nitrogens with zero attached hydrogens (tertiary/aromatic N) is 3. The van der Waals surface area contributed by atoms with Gasteiger partial charge in [-0.05, 0) is 35.4 Å². The van der Waals surface area contributed by atoms with Crippen LogP contribution in [0.1, 0.15) is 16.8 Å². The van der Waals surface area contributed by atoms with E-state index >= 15 is 0 Å². The van der Waals surface area contributed by atoms with Gasteiger partial charge in [-0.2, -0.15) is 22.8 Å². The third-order valence-corrected chi connectivity index (χ3v) is 3.44. The Balaban J connectivity index is 2.22. The smallest absolute Gasteiger partial charge is 0.435 e. The molecule has 3 rings (SSSR count). The predicted molar refractivity (Wildman–Crippen MR) is 79.1 cm³/mol. The van der Waals surface area contributed by atoms with E-state index in [0.29, 0.717) is 11.1 Å². The molecule has 0 amide bonds. The molecule has 0 aromatic carbocycles. The highest BCUT2D eigenvalue weighted by Gasteiger charge is 2.34. The molecule has 0 saturated carbocycles. The fourth-order valence-corrected chi connectivity index (χ4v) is 2.31. The van der Waals surface area contributed by atoms with Gasteiger partial charge in [-0.1, -0.05) is 6.58 Å². The van der Waals surface area contributed by atoms with E-state index in [1.54, 1.807) is 36.7 Å². The minimum Gasteiger partial charge on any atom is -0.481 e. The number of hydrogen-bond donors (Lipinski definition) is 0. The molecular weight excluding hydrogens is 307 g/mol. The zero-order valence-corrected chi connectivity index (χ0v) is 12.1. The van der Waals surface area contributed by atoms with E-state index in [2.05, 4.69) is 16.7 Å². The Bertz CT molecular complexity index is 869. The molecule has 0 saturated heterocycles. The zero-order chi connectivity index (χ0) is 16.6. The fourth-order valence-electron chi connectivity index (χ4n) is 2.31. The maximum absolute atomic E-state index is 13.0. The number of hydrogen-bond acceptors (Lipinski definition) is 3. The Morgan fingerprint density at radius 1 is 1.17 bits per heavy atom. The summed E-state index contributed by atoms with van der Waals surface area (Å²) in [6, 6.07) is 7.69. The topological polar surface area (TPSA) is 39.4 Å². The predicted octanol–water partition coefficient (Wildman–Crippen LogP) is 3.82. The number of fused-ring (bicyclic) bond motifs is 1. The van der Waals surface area contributed by atoms with Crippen LogP contribution in [-0.2, 0) is 6.18 Å². The van der Waals surface area contributed by atoms with E-state index in [1.807, 2.05) is 0 Å². The van der Waals surface area contributed by atoms with Gasteiger partial charge in [0, 0.05) is 24.0 Å². The molecule has 0 aliphatic carbocycles. The summed E-state index contributed by atoms with van der Waals surface area (Å²) in [6.07, 6.45) is -1.34. The van der Waals surface area contributed by atoms with Crippen molar-refractivity contribution in [2.45, 2.75) is 6.18 Å². The second kappa shape index (κ2) is 5.42. The van der Waals surface area contributed by atoms with Crippen molar-refractivity contribution in [3.05, 3.63) is 66.1 Å². The number of halogens is 3. The maximum Gasteiger partial charge on any atom is 0.435 e. The number of aromatic nitrogens is 3. The molecule has 0 atom stereocenters. The van der Waals surface area contributed by atoms with E-state index in [1.165, 1.54) is 7.11 Å². The van der Waals surface area contributed by atoms with Gasteiger partial charge in [0.2, 0.25) is 5.88 Å². The minimum absolute atomic E-state index is 0.210. The highest BCUT2D eigenvalue weighted by Crippen LogP contribution is 2.33. The minimum atomic E-state index is -4.54. The van der Waals surface area contributed by atoms with Crippen LogP contribution < -0.4 is 4.74 Å². The summed E-state index contributed by atoms with van der Waals surface area (Å²) < 4.78 is 45.1. The van der Waals surface area contributed by atoms with Gasteiger partial charge in [-0.3, -0.25) is 4.98 Å². The molecule has 0 spiro atoms. The monoisotopic (exact) mass is 319 g/mol. The molecule has 3 heterocycles. The van der Waals surface area contributed by atoms with Crippen molar-refractivity contribution >= 4 is 11.1 Å². The van der Waals surface area contributed by atoms with Crippen molar-refractivity contribution in [1.82, 2.24) is 14.6 Å². The van der Waals surface area contributed by atoms with Crippen molar-refractivity contribution in [2.75, 3.05) is 7.11 Å². The quantitative estimate of drug-likeness (QED) is 0.737. The second-order valence-electron chi connectivity index (χ2n) is 4.83. The van der Waals surface area contributed by atoms with Crippen molar-refractivity contribution in [3.8, 4) is 5.88 Å². The van der Waals surface area contributed by atoms with Gasteiger partial charge in [0.05, 0.1) is 12.6 Å². The van der Waals surface area contributed by atoms with Crippen molar-refractivity contribution in [2.24, 2.45) is 0 Å². The van der Waals surface area contributed by atoms with Crippen LogP contribution in [-0.4, -0.2) is 21.7 Å². The summed E-state index contributed by atoms with van der Waals surface area (Å²) in [6.45, 7) is 3.98. The summed E-state index contributed by atoms with van der Waals surface area (Å²) in [7, 11) is 1.38. The Labute approximate surface area is 129 Å². The number of methoxy groups -OCH3 is 1. The van der Waals surface area contributed by atoms with Crippen LogP contribution in [0.5, 0.6) is 5.88 Å². The zero-order valence-electron chi connectivity index (χ0n) is 12.1. The Morgan fingerprint density at radius 3 is 2.48 bits per heavy atom. The average molecular weight is 319 g/mol. The SMILES string of the molecule is C=C(c1ccncc1)c1ccc(OC)n2nc(C(F)(F)F)cc12. The number of rotatable bonds is 3. The van der Waals surface area contributed by atoms with Crippen molar-refractivity contribution < 1.29 is 17.9 Å². The Hall–Kier alpha value is -2.83. The second-order valence-corrected chi connectivity index (χ2v) is 4.83. The molecule has 0 bridgehead atoms. The molecule has 0 radical (unpaired) electrons. The molecular formula is C16H12F3N3O. The maximum atomic E-state index is 13.0. The molecule has 118 valence electrons. The lowest BCUT2D eigenvalue weighted by Crippen LogP contribution is -2.06. The normalized spacial score (nSPS) is 11.7. The van der Waals surface area contributed by atoms with Crippen LogP contribution in [0.25, 0.3) is 11.1 Å². The van der Waals surface area contributed by atoms with E-state index in [4.69, 9.17) is 4.74 Å². The first-order valence-corrected chi connectivity index (χ1v) is 6.65. The van der Waals surface area contributed by atoms with Crippen molar-refractivity contribution in [3.63, 3.8) is 0 Å². The van der Waals surface area contributed by atoms with Crippen LogP contribution in [0.2, 0.25) is 0 Å². The molecule has 0 fully saturated rings. The van der Waals surface area contributed by atoms with Crippen LogP contribution in [0.4, 0.5) is 13.2 Å². The van der Waals surface area contributed by atoms with Gasteiger partial charge in [-0.25, -0.2) is 0 Å². The number of ether oxygens (including phenoxy) is 1. The average Bonchev–Trinajstić information content (AvgIpc) is 2.99. The summed E-state index contributed by atoms with van der Waals surface area (Å²) in [5.41, 5.74) is 1.18. The third-order valence-electron chi connectivity index (χ3n) is 3.44. The van der Waals surface area contributed by atoms with Crippen LogP contribution in [0, 0.1) is 0 Å². The number of pyridine rings is 2. The summed E-state index contributed by atoms with van der Waals surface area (Å²) in [5, 5.41) is 3.60. The molecule has 23 heavy (non-hydrogen) atoms. The van der Waals surface area contributed by atoms with Gasteiger partial charge in [0.25, 0.3) is 0 Å². The molecule has 7 heteroatoms. The lowest BCUT2D eigenvalue weighted by Gasteiger charge is -2.10. The summed E-state index contributed by atoms with van der Waals surface area (Å²) in [4.78, 5) is 3.92. The first-order chi connectivity index (χ1) is 10.9. The van der Waals surface area contributed by atoms with E-state index in [9.17, 15) is 13.2 Å². The first-order valence-electron chi connectivity index (χ1n) is 6.65. The molecule has 3 aromatic heterocycles. The summed E-state index contributed by atoms with van der Waals surface area (Å²) >= 11 is 0. The largest absolute Gasteiger partial charge is 0.481 e. The molecule has 0 aliphatic heterocycles. The molecule has 3 aromatic rings. The summed E-state index contributed by atoms with van der Waals surface area (Å²) in [5.74, 6) is 0.210. The van der Waals surface area contributed by atoms with E-state index < -0.39 is 11.9 Å². The van der Waals surface area contributed by atoms with Crippen molar-refractivity contribution in [1.29, 1.82) is 0 Å². The van der Waals surface area contributed by atoms with Gasteiger partial charge < -0.3 is 4.74 Å². The molecule has 4 nitrogen and oxygen atoms in total. The van der Waals surface area contributed by atoms with Crippen LogP contribution in [0.3, 0.4) is 0 Å². The van der Waals surface area contributed by atoms with Gasteiger partial charge in [0.15, 0.2) is 5.69 Å². The Morgan fingerprint density at radius 2 is 1.87 bits per heavy atom. The fraction of sp³-hybridized carbons (Fsp3) is 0.125. The van der Waals surface area contributed by atoms with Gasteiger partial charge in [-0.15, -0.1) is 0 Å². The lowest BCUT2D eigenvalue weighted by atomic mass is 10.0. The Kier molecular flexibility index (Phi) is 3.55. The first kappa shape index (κ1) is 15.1. The highest BCUT2D eigenvalue weighted by atomic mass is 19.4. The third kappa shape index (κ3) is 2.65. The van der Waals surface area contributed by atoms with Crippen LogP contribution in [0.15, 0.2) is 49.3 Å². The van der Waals surface area contributed by atoms with Crippen LogP contribution >= 0.6 is 0 Å². The van der Waals surface area contributed by atoms with Gasteiger partial charge >= 0.3 is 6.18 Å².